The van der Waals surface area contributed by atoms with Gasteiger partial charge < -0.3 is 23.7 Å². The minimum absolute atomic E-state index is 0.134. The van der Waals surface area contributed by atoms with Crippen molar-refractivity contribution in [1.29, 1.82) is 0 Å². The van der Waals surface area contributed by atoms with Crippen molar-refractivity contribution in [3.63, 3.8) is 0 Å². The Morgan fingerprint density at radius 1 is 0.926 bits per heavy atom. The van der Waals surface area contributed by atoms with Gasteiger partial charge in [0.1, 0.15) is 23.7 Å². The number of hydrogen-bond donors (Lipinski definition) is 0. The van der Waals surface area contributed by atoms with Crippen molar-refractivity contribution in [3.05, 3.63) is 51.6 Å². The minimum atomic E-state index is -0.882. The molecular formula is C18H19NO8. The van der Waals surface area contributed by atoms with Crippen LogP contribution >= 0.6 is 0 Å². The quantitative estimate of drug-likeness (QED) is 0.393. The molecule has 0 saturated carbocycles. The Hall–Kier alpha value is -3.49. The molecule has 0 aliphatic rings. The van der Waals surface area contributed by atoms with Crippen LogP contribution in [0.2, 0.25) is 0 Å². The van der Waals surface area contributed by atoms with E-state index in [4.69, 9.17) is 23.7 Å². The number of carbonyl (C=O) groups excluding carboxylic acids is 1. The molecule has 9 heteroatoms. The van der Waals surface area contributed by atoms with Gasteiger partial charge >= 0.3 is 5.97 Å². The van der Waals surface area contributed by atoms with E-state index in [0.717, 1.165) is 6.07 Å². The monoisotopic (exact) mass is 377 g/mol. The minimum Gasteiger partial charge on any atom is -0.497 e. The van der Waals surface area contributed by atoms with Crippen molar-refractivity contribution in [2.75, 3.05) is 28.4 Å². The van der Waals surface area contributed by atoms with E-state index in [0.29, 0.717) is 17.1 Å². The maximum Gasteiger partial charge on any atom is 0.345 e. The molecule has 2 aromatic carbocycles. The molecule has 0 spiro atoms. The Balaban J connectivity index is 2.32. The van der Waals surface area contributed by atoms with E-state index in [1.807, 2.05) is 0 Å². The van der Waals surface area contributed by atoms with E-state index in [2.05, 4.69) is 0 Å². The summed E-state index contributed by atoms with van der Waals surface area (Å²) in [5.41, 5.74) is -0.150. The zero-order valence-electron chi connectivity index (χ0n) is 15.3. The first-order valence-corrected chi connectivity index (χ1v) is 7.73. The molecule has 0 radical (unpaired) electrons. The lowest BCUT2D eigenvalue weighted by atomic mass is 10.1. The van der Waals surface area contributed by atoms with Crippen LogP contribution in [0.4, 0.5) is 5.69 Å². The molecule has 144 valence electrons. The first-order valence-electron chi connectivity index (χ1n) is 7.73. The van der Waals surface area contributed by atoms with Gasteiger partial charge in [-0.25, -0.2) is 4.79 Å². The fraction of sp³-hybridized carbons (Fsp3) is 0.278. The van der Waals surface area contributed by atoms with Crippen LogP contribution in [0.5, 0.6) is 23.0 Å². The molecule has 0 aliphatic heterocycles. The van der Waals surface area contributed by atoms with Crippen molar-refractivity contribution >= 4 is 11.7 Å². The van der Waals surface area contributed by atoms with Gasteiger partial charge in [-0.1, -0.05) is 0 Å². The van der Waals surface area contributed by atoms with Gasteiger partial charge in [-0.3, -0.25) is 10.1 Å². The molecule has 0 N–H and O–H groups in total. The summed E-state index contributed by atoms with van der Waals surface area (Å²) < 4.78 is 25.7. The summed E-state index contributed by atoms with van der Waals surface area (Å²) in [5, 5.41) is 11.3. The lowest BCUT2D eigenvalue weighted by Crippen LogP contribution is -2.10. The molecule has 9 nitrogen and oxygen atoms in total. The van der Waals surface area contributed by atoms with Gasteiger partial charge in [0.05, 0.1) is 39.4 Å². The van der Waals surface area contributed by atoms with E-state index in [1.165, 1.54) is 34.5 Å². The van der Waals surface area contributed by atoms with E-state index < -0.39 is 16.6 Å². The van der Waals surface area contributed by atoms with Crippen LogP contribution in [0.25, 0.3) is 0 Å². The Labute approximate surface area is 155 Å². The maximum atomic E-state index is 12.5. The molecule has 0 fully saturated rings. The fourth-order valence-corrected chi connectivity index (χ4v) is 2.40. The molecule has 2 aromatic rings. The highest BCUT2D eigenvalue weighted by Gasteiger charge is 2.26. The van der Waals surface area contributed by atoms with E-state index >= 15 is 0 Å². The van der Waals surface area contributed by atoms with Gasteiger partial charge in [0.2, 0.25) is 0 Å². The molecule has 0 saturated heterocycles. The molecule has 27 heavy (non-hydrogen) atoms. The second-order valence-electron chi connectivity index (χ2n) is 5.24. The zero-order chi connectivity index (χ0) is 20.0. The molecule has 0 unspecified atom stereocenters. The number of esters is 1. The van der Waals surface area contributed by atoms with E-state index in [1.54, 1.807) is 18.2 Å². The van der Waals surface area contributed by atoms with Crippen LogP contribution in [-0.4, -0.2) is 39.3 Å². The Bertz CT molecular complexity index is 849. The number of benzene rings is 2. The molecule has 2 rings (SSSR count). The Morgan fingerprint density at radius 2 is 1.56 bits per heavy atom. The van der Waals surface area contributed by atoms with E-state index in [9.17, 15) is 14.9 Å². The van der Waals surface area contributed by atoms with Crippen LogP contribution in [0.1, 0.15) is 15.9 Å². The van der Waals surface area contributed by atoms with Crippen molar-refractivity contribution in [3.8, 4) is 23.0 Å². The van der Waals surface area contributed by atoms with Gasteiger partial charge in [0.25, 0.3) is 5.69 Å². The molecule has 0 heterocycles. The number of nitro benzene ring substituents is 1. The molecule has 0 atom stereocenters. The molecule has 0 aliphatic carbocycles. The largest absolute Gasteiger partial charge is 0.497 e. The smallest absolute Gasteiger partial charge is 0.345 e. The van der Waals surface area contributed by atoms with Crippen LogP contribution in [0, 0.1) is 10.1 Å². The number of rotatable bonds is 8. The summed E-state index contributed by atoms with van der Waals surface area (Å²) in [6.07, 6.45) is 0. The molecular weight excluding hydrogens is 358 g/mol. The summed E-state index contributed by atoms with van der Waals surface area (Å²) in [6, 6.07) is 7.34. The second-order valence-corrected chi connectivity index (χ2v) is 5.24. The first-order chi connectivity index (χ1) is 12.9. The highest BCUT2D eigenvalue weighted by atomic mass is 16.6. The normalized spacial score (nSPS) is 10.1. The van der Waals surface area contributed by atoms with Gasteiger partial charge in [-0.15, -0.1) is 0 Å². The predicted octanol–water partition coefficient (Wildman–Crippen LogP) is 2.99. The summed E-state index contributed by atoms with van der Waals surface area (Å²) >= 11 is 0. The van der Waals surface area contributed by atoms with Crippen molar-refractivity contribution in [2.24, 2.45) is 0 Å². The van der Waals surface area contributed by atoms with Crippen LogP contribution in [0.15, 0.2) is 30.3 Å². The van der Waals surface area contributed by atoms with Crippen molar-refractivity contribution in [2.45, 2.75) is 6.61 Å². The predicted molar refractivity (Wildman–Crippen MR) is 94.9 cm³/mol. The molecule has 0 aromatic heterocycles. The van der Waals surface area contributed by atoms with Crippen LogP contribution < -0.4 is 18.9 Å². The van der Waals surface area contributed by atoms with Crippen molar-refractivity contribution < 1.29 is 33.4 Å². The summed E-state index contributed by atoms with van der Waals surface area (Å²) in [6.45, 7) is -0.162. The van der Waals surface area contributed by atoms with Gasteiger partial charge in [0.15, 0.2) is 11.5 Å². The fourth-order valence-electron chi connectivity index (χ4n) is 2.40. The van der Waals surface area contributed by atoms with Crippen LogP contribution in [0.3, 0.4) is 0 Å². The number of hydrogen-bond acceptors (Lipinski definition) is 8. The topological polar surface area (TPSA) is 106 Å². The van der Waals surface area contributed by atoms with Crippen LogP contribution in [-0.2, 0) is 11.3 Å². The highest BCUT2D eigenvalue weighted by molar-refractivity contribution is 5.95. The van der Waals surface area contributed by atoms with Crippen molar-refractivity contribution in [1.82, 2.24) is 0 Å². The Morgan fingerprint density at radius 3 is 2.11 bits per heavy atom. The molecule has 0 bridgehead atoms. The number of ether oxygens (including phenoxy) is 5. The van der Waals surface area contributed by atoms with Gasteiger partial charge in [-0.2, -0.15) is 0 Å². The second kappa shape index (κ2) is 8.75. The van der Waals surface area contributed by atoms with Gasteiger partial charge in [-0.05, 0) is 18.2 Å². The standard InChI is InChI=1S/C18H19NO8/c1-23-12-5-6-15(24-2)11(7-12)10-27-18(20)13-8-16(25-3)17(26-4)9-14(13)19(21)22/h5-9H,10H2,1-4H3. The van der Waals surface area contributed by atoms with E-state index in [-0.39, 0.29) is 23.7 Å². The third-order valence-corrected chi connectivity index (χ3v) is 3.76. The number of methoxy groups -OCH3 is 4. The highest BCUT2D eigenvalue weighted by Crippen LogP contribution is 2.35. The maximum absolute atomic E-state index is 12.5. The third kappa shape index (κ3) is 4.38. The summed E-state index contributed by atoms with van der Waals surface area (Å²) in [4.78, 5) is 23.1. The first kappa shape index (κ1) is 19.8. The average molecular weight is 377 g/mol. The number of carbonyl (C=O) groups is 1. The number of nitro groups is 1. The summed E-state index contributed by atoms with van der Waals surface area (Å²) in [7, 11) is 5.69. The van der Waals surface area contributed by atoms with Gasteiger partial charge in [0, 0.05) is 11.6 Å². The lowest BCUT2D eigenvalue weighted by Gasteiger charge is -2.12. The third-order valence-electron chi connectivity index (χ3n) is 3.76. The average Bonchev–Trinajstić information content (AvgIpc) is 2.70. The zero-order valence-corrected chi connectivity index (χ0v) is 15.3. The molecule has 0 amide bonds. The Kier molecular flexibility index (Phi) is 6.42. The lowest BCUT2D eigenvalue weighted by molar-refractivity contribution is -0.385. The summed E-state index contributed by atoms with van der Waals surface area (Å²) in [5.74, 6) is 0.473. The SMILES string of the molecule is COc1ccc(OC)c(COC(=O)c2cc(OC)c(OC)cc2[N+](=O)[O-])c1. The number of nitrogens with zero attached hydrogens (tertiary/aromatic N) is 1.